The Balaban J connectivity index is 1.44. The van der Waals surface area contributed by atoms with Crippen molar-refractivity contribution in [2.75, 3.05) is 18.0 Å². The number of pyridine rings is 1. The standard InChI is InChI=1S/C18H17N5O/c24-18(16-11-20-14-5-1-2-6-15(14)22-16)21-13-8-10-23(12-13)17-7-3-4-9-19-17/h1-7,9,11,13H,8,10,12H2,(H,21,24). The van der Waals surface area contributed by atoms with Gasteiger partial charge in [0.05, 0.1) is 17.2 Å². The van der Waals surface area contributed by atoms with E-state index in [0.717, 1.165) is 36.4 Å². The number of nitrogens with zero attached hydrogens (tertiary/aromatic N) is 4. The Morgan fingerprint density at radius 1 is 1.08 bits per heavy atom. The lowest BCUT2D eigenvalue weighted by atomic mass is 10.2. The highest BCUT2D eigenvalue weighted by molar-refractivity contribution is 5.94. The highest BCUT2D eigenvalue weighted by Crippen LogP contribution is 2.17. The first kappa shape index (κ1) is 14.6. The molecular weight excluding hydrogens is 302 g/mol. The summed E-state index contributed by atoms with van der Waals surface area (Å²) in [5.74, 6) is 0.765. The van der Waals surface area contributed by atoms with Crippen LogP contribution >= 0.6 is 0 Å². The van der Waals surface area contributed by atoms with Gasteiger partial charge in [0, 0.05) is 25.3 Å². The van der Waals surface area contributed by atoms with Gasteiger partial charge in [-0.2, -0.15) is 0 Å². The summed E-state index contributed by atoms with van der Waals surface area (Å²) in [6.07, 6.45) is 4.21. The summed E-state index contributed by atoms with van der Waals surface area (Å²) >= 11 is 0. The summed E-state index contributed by atoms with van der Waals surface area (Å²) in [7, 11) is 0. The molecule has 120 valence electrons. The number of aromatic nitrogens is 3. The molecule has 1 saturated heterocycles. The van der Waals surface area contributed by atoms with E-state index in [-0.39, 0.29) is 11.9 Å². The molecule has 1 fully saturated rings. The summed E-state index contributed by atoms with van der Waals surface area (Å²) in [5, 5.41) is 3.05. The molecule has 3 aromatic rings. The van der Waals surface area contributed by atoms with Crippen LogP contribution in [0.15, 0.2) is 54.9 Å². The van der Waals surface area contributed by atoms with Crippen molar-refractivity contribution >= 4 is 22.8 Å². The molecule has 0 radical (unpaired) electrons. The fourth-order valence-electron chi connectivity index (χ4n) is 2.95. The number of rotatable bonds is 3. The van der Waals surface area contributed by atoms with Crippen molar-refractivity contribution in [3.05, 3.63) is 60.6 Å². The molecule has 24 heavy (non-hydrogen) atoms. The Bertz CT molecular complexity index is 867. The molecule has 0 saturated carbocycles. The monoisotopic (exact) mass is 319 g/mol. The van der Waals surface area contributed by atoms with Crippen LogP contribution < -0.4 is 10.2 Å². The van der Waals surface area contributed by atoms with E-state index < -0.39 is 0 Å². The zero-order chi connectivity index (χ0) is 16.4. The van der Waals surface area contributed by atoms with E-state index in [2.05, 4.69) is 25.2 Å². The summed E-state index contributed by atoms with van der Waals surface area (Å²) < 4.78 is 0. The molecule has 1 aliphatic rings. The average Bonchev–Trinajstić information content (AvgIpc) is 3.10. The van der Waals surface area contributed by atoms with E-state index in [1.165, 1.54) is 6.20 Å². The maximum atomic E-state index is 12.4. The molecule has 0 aliphatic carbocycles. The Morgan fingerprint density at radius 3 is 2.75 bits per heavy atom. The Labute approximate surface area is 139 Å². The number of anilines is 1. The van der Waals surface area contributed by atoms with E-state index in [9.17, 15) is 4.79 Å². The van der Waals surface area contributed by atoms with Crippen LogP contribution in [0.4, 0.5) is 5.82 Å². The van der Waals surface area contributed by atoms with E-state index in [1.54, 1.807) is 6.20 Å². The van der Waals surface area contributed by atoms with E-state index in [1.807, 2.05) is 42.5 Å². The van der Waals surface area contributed by atoms with Crippen molar-refractivity contribution in [1.29, 1.82) is 0 Å². The zero-order valence-electron chi connectivity index (χ0n) is 13.1. The van der Waals surface area contributed by atoms with Gasteiger partial charge in [-0.1, -0.05) is 18.2 Å². The lowest BCUT2D eigenvalue weighted by molar-refractivity contribution is 0.0935. The van der Waals surface area contributed by atoms with E-state index >= 15 is 0 Å². The second-order valence-corrected chi connectivity index (χ2v) is 5.84. The largest absolute Gasteiger partial charge is 0.354 e. The maximum Gasteiger partial charge on any atom is 0.271 e. The van der Waals surface area contributed by atoms with Gasteiger partial charge < -0.3 is 10.2 Å². The molecule has 1 atom stereocenters. The lowest BCUT2D eigenvalue weighted by Crippen LogP contribution is -2.37. The molecule has 0 spiro atoms. The van der Waals surface area contributed by atoms with Crippen LogP contribution in [0.2, 0.25) is 0 Å². The molecule has 6 nitrogen and oxygen atoms in total. The van der Waals surface area contributed by atoms with Crippen LogP contribution in [0.1, 0.15) is 16.9 Å². The van der Waals surface area contributed by atoms with Gasteiger partial charge in [0.2, 0.25) is 0 Å². The molecule has 0 bridgehead atoms. The highest BCUT2D eigenvalue weighted by atomic mass is 16.2. The molecule has 1 aliphatic heterocycles. The van der Waals surface area contributed by atoms with Crippen LogP contribution in [0.25, 0.3) is 11.0 Å². The molecule has 1 aromatic carbocycles. The molecular formula is C18H17N5O. The second-order valence-electron chi connectivity index (χ2n) is 5.84. The number of hydrogen-bond acceptors (Lipinski definition) is 5. The fraction of sp³-hybridized carbons (Fsp3) is 0.222. The Kier molecular flexibility index (Phi) is 3.78. The number of benzene rings is 1. The number of carbonyl (C=O) groups is 1. The first-order chi connectivity index (χ1) is 11.8. The number of hydrogen-bond donors (Lipinski definition) is 1. The molecule has 1 N–H and O–H groups in total. The van der Waals surface area contributed by atoms with Crippen molar-refractivity contribution in [2.24, 2.45) is 0 Å². The second kappa shape index (κ2) is 6.23. The zero-order valence-corrected chi connectivity index (χ0v) is 13.1. The SMILES string of the molecule is O=C(NC1CCN(c2ccccn2)C1)c1cnc2ccccc2n1. The van der Waals surface area contributed by atoms with Crippen LogP contribution in [0.5, 0.6) is 0 Å². The first-order valence-corrected chi connectivity index (χ1v) is 7.98. The van der Waals surface area contributed by atoms with Gasteiger partial charge in [-0.25, -0.2) is 9.97 Å². The van der Waals surface area contributed by atoms with E-state index in [0.29, 0.717) is 5.69 Å². The molecule has 3 heterocycles. The summed E-state index contributed by atoms with van der Waals surface area (Å²) in [6, 6.07) is 13.5. The quantitative estimate of drug-likeness (QED) is 0.800. The topological polar surface area (TPSA) is 71.0 Å². The van der Waals surface area contributed by atoms with Gasteiger partial charge in [0.25, 0.3) is 5.91 Å². The predicted molar refractivity (Wildman–Crippen MR) is 91.9 cm³/mol. The van der Waals surface area contributed by atoms with Crippen molar-refractivity contribution in [2.45, 2.75) is 12.5 Å². The van der Waals surface area contributed by atoms with Gasteiger partial charge in [-0.15, -0.1) is 0 Å². The van der Waals surface area contributed by atoms with Crippen molar-refractivity contribution in [3.63, 3.8) is 0 Å². The summed E-state index contributed by atoms with van der Waals surface area (Å²) in [5.41, 5.74) is 1.87. The smallest absolute Gasteiger partial charge is 0.271 e. The minimum absolute atomic E-state index is 0.0905. The van der Waals surface area contributed by atoms with Gasteiger partial charge >= 0.3 is 0 Å². The molecule has 1 unspecified atom stereocenters. The van der Waals surface area contributed by atoms with Crippen LogP contribution in [0, 0.1) is 0 Å². The number of carbonyl (C=O) groups excluding carboxylic acids is 1. The Morgan fingerprint density at radius 2 is 1.92 bits per heavy atom. The number of amides is 1. The third kappa shape index (κ3) is 2.90. The van der Waals surface area contributed by atoms with Crippen molar-refractivity contribution in [3.8, 4) is 0 Å². The Hall–Kier alpha value is -3.02. The van der Waals surface area contributed by atoms with Crippen LogP contribution in [-0.4, -0.2) is 40.0 Å². The molecule has 6 heteroatoms. The lowest BCUT2D eigenvalue weighted by Gasteiger charge is -2.17. The number of nitrogens with one attached hydrogen (secondary N) is 1. The van der Waals surface area contributed by atoms with Crippen molar-refractivity contribution < 1.29 is 4.79 Å². The summed E-state index contributed by atoms with van der Waals surface area (Å²) in [4.78, 5) is 27.7. The fourth-order valence-corrected chi connectivity index (χ4v) is 2.95. The first-order valence-electron chi connectivity index (χ1n) is 7.98. The minimum atomic E-state index is -0.180. The van der Waals surface area contributed by atoms with E-state index in [4.69, 9.17) is 0 Å². The maximum absolute atomic E-state index is 12.4. The van der Waals surface area contributed by atoms with Gasteiger partial charge in [0.1, 0.15) is 11.5 Å². The van der Waals surface area contributed by atoms with Crippen molar-refractivity contribution in [1.82, 2.24) is 20.3 Å². The number of para-hydroxylation sites is 2. The minimum Gasteiger partial charge on any atom is -0.354 e. The van der Waals surface area contributed by atoms with Gasteiger partial charge in [0.15, 0.2) is 0 Å². The average molecular weight is 319 g/mol. The normalized spacial score (nSPS) is 17.2. The molecule has 1 amide bonds. The third-order valence-corrected chi connectivity index (χ3v) is 4.18. The summed E-state index contributed by atoms with van der Waals surface area (Å²) in [6.45, 7) is 1.63. The van der Waals surface area contributed by atoms with Gasteiger partial charge in [-0.3, -0.25) is 9.78 Å². The predicted octanol–water partition coefficient (Wildman–Crippen LogP) is 2.03. The third-order valence-electron chi connectivity index (χ3n) is 4.18. The van der Waals surface area contributed by atoms with Gasteiger partial charge in [-0.05, 0) is 30.7 Å². The molecule has 2 aromatic heterocycles. The number of fused-ring (bicyclic) bond motifs is 1. The highest BCUT2D eigenvalue weighted by Gasteiger charge is 2.25. The molecule has 4 rings (SSSR count). The van der Waals surface area contributed by atoms with Crippen LogP contribution in [-0.2, 0) is 0 Å². The van der Waals surface area contributed by atoms with Crippen LogP contribution in [0.3, 0.4) is 0 Å².